The van der Waals surface area contributed by atoms with Crippen LogP contribution in [-0.2, 0) is 17.6 Å². The van der Waals surface area contributed by atoms with Crippen molar-refractivity contribution in [3.63, 3.8) is 0 Å². The number of hydrogen-bond donors (Lipinski definition) is 1. The summed E-state index contributed by atoms with van der Waals surface area (Å²) in [5.74, 6) is -0.296. The van der Waals surface area contributed by atoms with Gasteiger partial charge >= 0.3 is 0 Å². The number of amides is 1. The molecular formula is C16H17NO. The highest BCUT2D eigenvalue weighted by molar-refractivity contribution is 5.77. The molecule has 92 valence electrons. The van der Waals surface area contributed by atoms with Gasteiger partial charge in [-0.25, -0.2) is 0 Å². The zero-order valence-electron chi connectivity index (χ0n) is 10.5. The van der Waals surface area contributed by atoms with Crippen LogP contribution in [0.15, 0.2) is 48.5 Å². The zero-order valence-corrected chi connectivity index (χ0v) is 10.5. The normalized spacial score (nSPS) is 10.3. The van der Waals surface area contributed by atoms with Gasteiger partial charge in [-0.2, -0.15) is 0 Å². The van der Waals surface area contributed by atoms with E-state index in [9.17, 15) is 4.79 Å². The van der Waals surface area contributed by atoms with E-state index in [0.717, 1.165) is 17.5 Å². The molecule has 2 rings (SSSR count). The molecule has 0 spiro atoms. The summed E-state index contributed by atoms with van der Waals surface area (Å²) in [5.41, 5.74) is 9.81. The first-order valence-corrected chi connectivity index (χ1v) is 6.15. The summed E-state index contributed by atoms with van der Waals surface area (Å²) in [7, 11) is 0. The molecule has 0 saturated carbocycles. The van der Waals surface area contributed by atoms with Gasteiger partial charge in [-0.15, -0.1) is 0 Å². The Morgan fingerprint density at radius 2 is 1.33 bits per heavy atom. The van der Waals surface area contributed by atoms with Gasteiger partial charge in [0.25, 0.3) is 0 Å². The Kier molecular flexibility index (Phi) is 3.78. The van der Waals surface area contributed by atoms with Crippen molar-refractivity contribution in [1.29, 1.82) is 0 Å². The second-order valence-electron chi connectivity index (χ2n) is 4.39. The number of hydrogen-bond acceptors (Lipinski definition) is 1. The summed E-state index contributed by atoms with van der Waals surface area (Å²) in [6.07, 6.45) is 1.35. The standard InChI is InChI=1S/C16H17NO/c1-2-12-3-7-14(8-4-12)15-9-5-13(6-10-15)11-16(17)18/h3-10H,2,11H2,1H3,(H2,17,18). The molecule has 0 aromatic heterocycles. The monoisotopic (exact) mass is 239 g/mol. The number of carbonyl (C=O) groups excluding carboxylic acids is 1. The lowest BCUT2D eigenvalue weighted by atomic mass is 10.0. The molecule has 18 heavy (non-hydrogen) atoms. The number of carbonyl (C=O) groups is 1. The van der Waals surface area contributed by atoms with Gasteiger partial charge in [0.1, 0.15) is 0 Å². The Labute approximate surface area is 107 Å². The van der Waals surface area contributed by atoms with E-state index in [-0.39, 0.29) is 5.91 Å². The summed E-state index contributed by atoms with van der Waals surface area (Å²) >= 11 is 0. The average Bonchev–Trinajstić information content (AvgIpc) is 2.39. The minimum atomic E-state index is -0.296. The number of aryl methyl sites for hydroxylation is 1. The van der Waals surface area contributed by atoms with E-state index in [4.69, 9.17) is 5.73 Å². The van der Waals surface area contributed by atoms with Crippen LogP contribution in [0.1, 0.15) is 18.1 Å². The maximum absolute atomic E-state index is 10.8. The van der Waals surface area contributed by atoms with Crippen molar-refractivity contribution < 1.29 is 4.79 Å². The van der Waals surface area contributed by atoms with Crippen LogP contribution in [0.25, 0.3) is 11.1 Å². The SMILES string of the molecule is CCc1ccc(-c2ccc(CC(N)=O)cc2)cc1. The van der Waals surface area contributed by atoms with Crippen LogP contribution in [0, 0.1) is 0 Å². The molecule has 0 fully saturated rings. The van der Waals surface area contributed by atoms with E-state index in [0.29, 0.717) is 6.42 Å². The Morgan fingerprint density at radius 1 is 0.889 bits per heavy atom. The molecule has 0 aliphatic carbocycles. The van der Waals surface area contributed by atoms with Crippen LogP contribution >= 0.6 is 0 Å². The smallest absolute Gasteiger partial charge is 0.221 e. The molecule has 2 aromatic carbocycles. The second-order valence-corrected chi connectivity index (χ2v) is 4.39. The molecule has 1 amide bonds. The van der Waals surface area contributed by atoms with Crippen molar-refractivity contribution in [1.82, 2.24) is 0 Å². The molecule has 0 saturated heterocycles. The Bertz CT molecular complexity index is 526. The molecule has 2 heteroatoms. The molecule has 2 aromatic rings. The first-order valence-electron chi connectivity index (χ1n) is 6.15. The lowest BCUT2D eigenvalue weighted by molar-refractivity contribution is -0.117. The van der Waals surface area contributed by atoms with Crippen LogP contribution in [0.2, 0.25) is 0 Å². The van der Waals surface area contributed by atoms with E-state index in [1.54, 1.807) is 0 Å². The van der Waals surface area contributed by atoms with Crippen molar-refractivity contribution in [2.24, 2.45) is 5.73 Å². The van der Waals surface area contributed by atoms with Gasteiger partial charge in [-0.1, -0.05) is 55.5 Å². The van der Waals surface area contributed by atoms with Crippen LogP contribution in [0.5, 0.6) is 0 Å². The van der Waals surface area contributed by atoms with Crippen molar-refractivity contribution in [2.45, 2.75) is 19.8 Å². The van der Waals surface area contributed by atoms with Crippen molar-refractivity contribution >= 4 is 5.91 Å². The lowest BCUT2D eigenvalue weighted by Crippen LogP contribution is -2.13. The largest absolute Gasteiger partial charge is 0.369 e. The molecule has 0 heterocycles. The maximum atomic E-state index is 10.8. The third kappa shape index (κ3) is 2.98. The molecule has 2 nitrogen and oxygen atoms in total. The first-order chi connectivity index (χ1) is 8.69. The van der Waals surface area contributed by atoms with E-state index in [1.807, 2.05) is 24.3 Å². The molecule has 0 unspecified atom stereocenters. The van der Waals surface area contributed by atoms with E-state index < -0.39 is 0 Å². The van der Waals surface area contributed by atoms with Crippen LogP contribution in [0.3, 0.4) is 0 Å². The van der Waals surface area contributed by atoms with Crippen molar-refractivity contribution in [2.75, 3.05) is 0 Å². The first kappa shape index (κ1) is 12.4. The summed E-state index contributed by atoms with van der Waals surface area (Å²) in [6, 6.07) is 16.5. The average molecular weight is 239 g/mol. The van der Waals surface area contributed by atoms with Gasteiger partial charge in [0.15, 0.2) is 0 Å². The van der Waals surface area contributed by atoms with Gasteiger partial charge in [0, 0.05) is 0 Å². The third-order valence-corrected chi connectivity index (χ3v) is 3.03. The van der Waals surface area contributed by atoms with Crippen LogP contribution < -0.4 is 5.73 Å². The van der Waals surface area contributed by atoms with Crippen molar-refractivity contribution in [3.05, 3.63) is 59.7 Å². The van der Waals surface area contributed by atoms with Crippen LogP contribution in [0.4, 0.5) is 0 Å². The Balaban J connectivity index is 2.20. The fraction of sp³-hybridized carbons (Fsp3) is 0.188. The number of benzene rings is 2. The second kappa shape index (κ2) is 5.50. The van der Waals surface area contributed by atoms with E-state index >= 15 is 0 Å². The van der Waals surface area contributed by atoms with E-state index in [2.05, 4.69) is 31.2 Å². The fourth-order valence-electron chi connectivity index (χ4n) is 1.95. The number of nitrogens with two attached hydrogens (primary N) is 1. The Morgan fingerprint density at radius 3 is 1.72 bits per heavy atom. The Hall–Kier alpha value is -2.09. The highest BCUT2D eigenvalue weighted by Crippen LogP contribution is 2.20. The summed E-state index contributed by atoms with van der Waals surface area (Å²) in [5, 5.41) is 0. The van der Waals surface area contributed by atoms with Crippen molar-refractivity contribution in [3.8, 4) is 11.1 Å². The fourth-order valence-corrected chi connectivity index (χ4v) is 1.95. The minimum absolute atomic E-state index is 0.296. The predicted molar refractivity (Wildman–Crippen MR) is 74.2 cm³/mol. The summed E-state index contributed by atoms with van der Waals surface area (Å²) in [4.78, 5) is 10.8. The van der Waals surface area contributed by atoms with Gasteiger partial charge in [-0.05, 0) is 28.7 Å². The minimum Gasteiger partial charge on any atom is -0.369 e. The van der Waals surface area contributed by atoms with Gasteiger partial charge < -0.3 is 5.73 Å². The highest BCUT2D eigenvalue weighted by Gasteiger charge is 2.00. The molecule has 2 N–H and O–H groups in total. The van der Waals surface area contributed by atoms with Gasteiger partial charge in [0.05, 0.1) is 6.42 Å². The molecular weight excluding hydrogens is 222 g/mol. The molecule has 0 aliphatic rings. The number of rotatable bonds is 4. The predicted octanol–water partition coefficient (Wildman–Crippen LogP) is 2.94. The maximum Gasteiger partial charge on any atom is 0.221 e. The summed E-state index contributed by atoms with van der Waals surface area (Å²) < 4.78 is 0. The van der Waals surface area contributed by atoms with Crippen LogP contribution in [-0.4, -0.2) is 5.91 Å². The molecule has 0 aliphatic heterocycles. The quantitative estimate of drug-likeness (QED) is 0.875. The van der Waals surface area contributed by atoms with Gasteiger partial charge in [-0.3, -0.25) is 4.79 Å². The topological polar surface area (TPSA) is 43.1 Å². The molecule has 0 atom stereocenters. The molecule has 0 radical (unpaired) electrons. The van der Waals surface area contributed by atoms with E-state index in [1.165, 1.54) is 11.1 Å². The zero-order chi connectivity index (χ0) is 13.0. The third-order valence-electron chi connectivity index (χ3n) is 3.03. The highest BCUT2D eigenvalue weighted by atomic mass is 16.1. The summed E-state index contributed by atoms with van der Waals surface area (Å²) in [6.45, 7) is 2.15. The lowest BCUT2D eigenvalue weighted by Gasteiger charge is -2.04. The van der Waals surface area contributed by atoms with Gasteiger partial charge in [0.2, 0.25) is 5.91 Å². The number of primary amides is 1. The molecule has 0 bridgehead atoms.